The van der Waals surface area contributed by atoms with Crippen LogP contribution in [0.2, 0.25) is 0 Å². The lowest BCUT2D eigenvalue weighted by Gasteiger charge is -2.31. The molecule has 0 aromatic carbocycles. The molecule has 1 aliphatic heterocycles. The first-order valence-corrected chi connectivity index (χ1v) is 6.96. The smallest absolute Gasteiger partial charge is 0.0759 e. The van der Waals surface area contributed by atoms with E-state index in [1.54, 1.807) is 0 Å². The van der Waals surface area contributed by atoms with Crippen LogP contribution in [0, 0.1) is 5.92 Å². The first kappa shape index (κ1) is 12.9. The third kappa shape index (κ3) is 3.72. The summed E-state index contributed by atoms with van der Waals surface area (Å²) in [5, 5.41) is 0. The molecule has 1 fully saturated rings. The molecule has 0 saturated carbocycles. The number of piperidine rings is 1. The molecule has 0 spiro atoms. The Kier molecular flexibility index (Phi) is 4.48. The largest absolute Gasteiger partial charge is 0.393 e. The van der Waals surface area contributed by atoms with E-state index in [2.05, 4.69) is 31.9 Å². The zero-order valence-corrected chi connectivity index (χ0v) is 12.0. The molecular weight excluding hydrogens is 298 g/mol. The van der Waals surface area contributed by atoms with Crippen molar-refractivity contribution in [3.8, 4) is 0 Å². The third-order valence-electron chi connectivity index (χ3n) is 3.16. The van der Waals surface area contributed by atoms with Gasteiger partial charge in [-0.05, 0) is 53.5 Å². The Morgan fingerprint density at radius 1 is 1.47 bits per heavy atom. The molecule has 5 heteroatoms. The van der Waals surface area contributed by atoms with Crippen LogP contribution in [0.3, 0.4) is 0 Å². The summed E-state index contributed by atoms with van der Waals surface area (Å²) in [4.78, 5) is 7.28. The minimum absolute atomic E-state index is 0.432. The molecule has 0 atom stereocenters. The molecule has 0 unspecified atom stereocenters. The van der Waals surface area contributed by atoms with E-state index in [0.29, 0.717) is 10.9 Å². The molecule has 1 aromatic rings. The standard InChI is InChI=1S/C12H16BrN3S/c13-11-5-9(6-15-7-11)8-16-3-1-10(2-4-16)12(14)17/h5-7,10H,1-4,8H2,(H2,14,17). The fourth-order valence-corrected chi connectivity index (χ4v) is 2.82. The van der Waals surface area contributed by atoms with Gasteiger partial charge >= 0.3 is 0 Å². The number of hydrogen-bond acceptors (Lipinski definition) is 3. The van der Waals surface area contributed by atoms with Crippen LogP contribution in [0.25, 0.3) is 0 Å². The second-order valence-electron chi connectivity index (χ2n) is 4.46. The maximum Gasteiger partial charge on any atom is 0.0759 e. The molecule has 1 saturated heterocycles. The van der Waals surface area contributed by atoms with Crippen LogP contribution in [0.1, 0.15) is 18.4 Å². The minimum atomic E-state index is 0.432. The van der Waals surface area contributed by atoms with Gasteiger partial charge in [-0.1, -0.05) is 12.2 Å². The SMILES string of the molecule is NC(=S)C1CCN(Cc2cncc(Br)c2)CC1. The highest BCUT2D eigenvalue weighted by Crippen LogP contribution is 2.19. The number of pyridine rings is 1. The van der Waals surface area contributed by atoms with E-state index in [-0.39, 0.29) is 0 Å². The van der Waals surface area contributed by atoms with Gasteiger partial charge in [-0.15, -0.1) is 0 Å². The number of hydrogen-bond donors (Lipinski definition) is 1. The molecule has 2 heterocycles. The average molecular weight is 314 g/mol. The van der Waals surface area contributed by atoms with Gasteiger partial charge in [0.25, 0.3) is 0 Å². The van der Waals surface area contributed by atoms with Crippen LogP contribution in [-0.2, 0) is 6.54 Å². The van der Waals surface area contributed by atoms with Gasteiger partial charge in [0.05, 0.1) is 4.99 Å². The highest BCUT2D eigenvalue weighted by Gasteiger charge is 2.20. The molecule has 0 radical (unpaired) electrons. The number of halogens is 1. The van der Waals surface area contributed by atoms with Crippen LogP contribution in [-0.4, -0.2) is 28.0 Å². The lowest BCUT2D eigenvalue weighted by molar-refractivity contribution is 0.202. The average Bonchev–Trinajstić information content (AvgIpc) is 2.29. The Balaban J connectivity index is 1.88. The normalized spacial score (nSPS) is 18.2. The summed E-state index contributed by atoms with van der Waals surface area (Å²) in [6, 6.07) is 2.12. The first-order valence-electron chi connectivity index (χ1n) is 5.76. The van der Waals surface area contributed by atoms with Gasteiger partial charge in [0, 0.05) is 29.3 Å². The van der Waals surface area contributed by atoms with E-state index in [4.69, 9.17) is 18.0 Å². The zero-order valence-electron chi connectivity index (χ0n) is 9.60. The van der Waals surface area contributed by atoms with Crippen molar-refractivity contribution in [2.45, 2.75) is 19.4 Å². The molecule has 2 N–H and O–H groups in total. The molecule has 2 rings (SSSR count). The van der Waals surface area contributed by atoms with Crippen molar-refractivity contribution in [2.24, 2.45) is 11.7 Å². The topological polar surface area (TPSA) is 42.1 Å². The minimum Gasteiger partial charge on any atom is -0.393 e. The van der Waals surface area contributed by atoms with Gasteiger partial charge in [0.1, 0.15) is 0 Å². The summed E-state index contributed by atoms with van der Waals surface area (Å²) < 4.78 is 1.04. The van der Waals surface area contributed by atoms with Crippen molar-refractivity contribution >= 4 is 33.1 Å². The number of nitrogens with two attached hydrogens (primary N) is 1. The highest BCUT2D eigenvalue weighted by molar-refractivity contribution is 9.10. The maximum atomic E-state index is 5.68. The molecule has 3 nitrogen and oxygen atoms in total. The summed E-state index contributed by atoms with van der Waals surface area (Å²) in [5.41, 5.74) is 6.93. The van der Waals surface area contributed by atoms with Crippen molar-refractivity contribution < 1.29 is 0 Å². The fourth-order valence-electron chi connectivity index (χ4n) is 2.18. The number of rotatable bonds is 3. The predicted octanol–water partition coefficient (Wildman–Crippen LogP) is 2.34. The van der Waals surface area contributed by atoms with E-state index in [9.17, 15) is 0 Å². The van der Waals surface area contributed by atoms with E-state index < -0.39 is 0 Å². The maximum absolute atomic E-state index is 5.68. The second kappa shape index (κ2) is 5.89. The van der Waals surface area contributed by atoms with Crippen molar-refractivity contribution in [3.63, 3.8) is 0 Å². The van der Waals surface area contributed by atoms with Gasteiger partial charge in [0.15, 0.2) is 0 Å². The molecular formula is C12H16BrN3S. The molecule has 0 amide bonds. The lowest BCUT2D eigenvalue weighted by atomic mass is 9.97. The number of thiocarbonyl (C=S) groups is 1. The predicted molar refractivity (Wildman–Crippen MR) is 76.7 cm³/mol. The molecule has 0 bridgehead atoms. The van der Waals surface area contributed by atoms with Crippen LogP contribution in [0.5, 0.6) is 0 Å². The summed E-state index contributed by atoms with van der Waals surface area (Å²) in [6.07, 6.45) is 5.89. The third-order valence-corrected chi connectivity index (χ3v) is 3.92. The van der Waals surface area contributed by atoms with Crippen LogP contribution in [0.15, 0.2) is 22.9 Å². The van der Waals surface area contributed by atoms with Crippen molar-refractivity contribution in [3.05, 3.63) is 28.5 Å². The monoisotopic (exact) mass is 313 g/mol. The molecule has 92 valence electrons. The van der Waals surface area contributed by atoms with Gasteiger partial charge < -0.3 is 5.73 Å². The molecule has 1 aromatic heterocycles. The van der Waals surface area contributed by atoms with Gasteiger partial charge in [-0.25, -0.2) is 0 Å². The number of aromatic nitrogens is 1. The van der Waals surface area contributed by atoms with Gasteiger partial charge in [0.2, 0.25) is 0 Å². The van der Waals surface area contributed by atoms with E-state index in [0.717, 1.165) is 36.9 Å². The summed E-state index contributed by atoms with van der Waals surface area (Å²) >= 11 is 8.48. The molecule has 0 aliphatic carbocycles. The number of likely N-dealkylation sites (tertiary alicyclic amines) is 1. The van der Waals surface area contributed by atoms with E-state index in [1.165, 1.54) is 5.56 Å². The Morgan fingerprint density at radius 2 is 2.18 bits per heavy atom. The Hall–Kier alpha value is -0.520. The summed E-state index contributed by atoms with van der Waals surface area (Å²) in [7, 11) is 0. The van der Waals surface area contributed by atoms with Crippen LogP contribution >= 0.6 is 28.1 Å². The van der Waals surface area contributed by atoms with E-state index in [1.807, 2.05) is 12.4 Å². The fraction of sp³-hybridized carbons (Fsp3) is 0.500. The Morgan fingerprint density at radius 3 is 2.76 bits per heavy atom. The second-order valence-corrected chi connectivity index (χ2v) is 5.85. The summed E-state index contributed by atoms with van der Waals surface area (Å²) in [6.45, 7) is 3.08. The van der Waals surface area contributed by atoms with Gasteiger partial charge in [-0.2, -0.15) is 0 Å². The molecule has 1 aliphatic rings. The Bertz CT molecular complexity index is 402. The zero-order chi connectivity index (χ0) is 12.3. The van der Waals surface area contributed by atoms with Crippen LogP contribution < -0.4 is 5.73 Å². The van der Waals surface area contributed by atoms with Crippen molar-refractivity contribution in [2.75, 3.05) is 13.1 Å². The van der Waals surface area contributed by atoms with Crippen LogP contribution in [0.4, 0.5) is 0 Å². The quantitative estimate of drug-likeness (QED) is 0.870. The first-order chi connectivity index (χ1) is 8.15. The lowest BCUT2D eigenvalue weighted by Crippen LogP contribution is -2.37. The number of nitrogens with zero attached hydrogens (tertiary/aromatic N) is 2. The van der Waals surface area contributed by atoms with Gasteiger partial charge in [-0.3, -0.25) is 9.88 Å². The van der Waals surface area contributed by atoms with Crippen molar-refractivity contribution in [1.29, 1.82) is 0 Å². The summed E-state index contributed by atoms with van der Waals surface area (Å²) in [5.74, 6) is 0.432. The van der Waals surface area contributed by atoms with E-state index >= 15 is 0 Å². The molecule has 17 heavy (non-hydrogen) atoms. The highest BCUT2D eigenvalue weighted by atomic mass is 79.9. The van der Waals surface area contributed by atoms with Crippen molar-refractivity contribution in [1.82, 2.24) is 9.88 Å². The Labute approximate surface area is 116 Å².